The van der Waals surface area contributed by atoms with Crippen molar-refractivity contribution in [2.24, 2.45) is 0 Å². The van der Waals surface area contributed by atoms with Crippen LogP contribution in [0.2, 0.25) is 0 Å². The van der Waals surface area contributed by atoms with Crippen LogP contribution in [0, 0.1) is 0 Å². The lowest BCUT2D eigenvalue weighted by Gasteiger charge is -2.11. The predicted octanol–water partition coefficient (Wildman–Crippen LogP) is 5.41. The number of aromatic nitrogens is 2. The number of hydrogen-bond acceptors (Lipinski definition) is 6. The Balaban J connectivity index is 1.25. The first-order valence-corrected chi connectivity index (χ1v) is 10.3. The highest BCUT2D eigenvalue weighted by atomic mass is 19.4. The van der Waals surface area contributed by atoms with Gasteiger partial charge in [0.05, 0.1) is 5.52 Å². The number of ether oxygens (including phenoxy) is 4. The van der Waals surface area contributed by atoms with Gasteiger partial charge in [-0.15, -0.1) is 13.2 Å². The molecule has 0 spiro atoms. The molecule has 2 amide bonds. The van der Waals surface area contributed by atoms with Gasteiger partial charge < -0.3 is 24.3 Å². The standard InChI is InChI=1S/C23H17F3N4O5/c24-23(25,26)35-16-3-1-2-13(8-16)11-32-15-5-6-18-17(10-15)21(30-29-18)28-22(31)27-14-4-7-19-20(9-14)34-12-33-19/h1-10H,11-12H2,(H3,27,28,29,30,31). The molecule has 0 radical (unpaired) electrons. The lowest BCUT2D eigenvalue weighted by Crippen LogP contribution is -2.19. The number of alkyl halides is 3. The minimum absolute atomic E-state index is 0.00573. The van der Waals surface area contributed by atoms with Gasteiger partial charge in [0.15, 0.2) is 17.3 Å². The Morgan fingerprint density at radius 2 is 1.86 bits per heavy atom. The van der Waals surface area contributed by atoms with Crippen molar-refractivity contribution in [1.29, 1.82) is 0 Å². The minimum atomic E-state index is -4.77. The fourth-order valence-corrected chi connectivity index (χ4v) is 3.42. The van der Waals surface area contributed by atoms with Crippen molar-refractivity contribution < 1.29 is 36.9 Å². The van der Waals surface area contributed by atoms with E-state index < -0.39 is 12.4 Å². The van der Waals surface area contributed by atoms with Crippen LogP contribution in [0.15, 0.2) is 60.7 Å². The van der Waals surface area contributed by atoms with Crippen LogP contribution in [0.1, 0.15) is 5.56 Å². The molecule has 1 aliphatic rings. The van der Waals surface area contributed by atoms with Gasteiger partial charge in [-0.2, -0.15) is 5.10 Å². The van der Waals surface area contributed by atoms with E-state index in [1.807, 2.05) is 0 Å². The maximum atomic E-state index is 12.5. The van der Waals surface area contributed by atoms with Crippen LogP contribution >= 0.6 is 0 Å². The van der Waals surface area contributed by atoms with Crippen LogP contribution in [0.25, 0.3) is 10.9 Å². The van der Waals surface area contributed by atoms with Crippen molar-refractivity contribution in [3.05, 3.63) is 66.2 Å². The SMILES string of the molecule is O=C(Nc1ccc2c(c1)OCO2)Nc1n[nH]c2ccc(OCc3cccc(OC(F)(F)F)c3)cc12. The second-order valence-corrected chi connectivity index (χ2v) is 7.41. The van der Waals surface area contributed by atoms with Crippen molar-refractivity contribution in [2.75, 3.05) is 17.4 Å². The molecule has 35 heavy (non-hydrogen) atoms. The summed E-state index contributed by atoms with van der Waals surface area (Å²) in [6.07, 6.45) is -4.77. The van der Waals surface area contributed by atoms with Gasteiger partial charge in [0.2, 0.25) is 6.79 Å². The topological polar surface area (TPSA) is 107 Å². The van der Waals surface area contributed by atoms with E-state index in [2.05, 4.69) is 25.6 Å². The molecule has 12 heteroatoms. The van der Waals surface area contributed by atoms with Gasteiger partial charge in [-0.1, -0.05) is 12.1 Å². The first kappa shape index (κ1) is 22.2. The molecular weight excluding hydrogens is 469 g/mol. The molecule has 1 aromatic heterocycles. The zero-order chi connectivity index (χ0) is 24.4. The Hall–Kier alpha value is -4.61. The molecule has 0 saturated heterocycles. The van der Waals surface area contributed by atoms with Gasteiger partial charge in [0, 0.05) is 17.1 Å². The van der Waals surface area contributed by atoms with E-state index in [4.69, 9.17) is 14.2 Å². The van der Waals surface area contributed by atoms with Gasteiger partial charge in [-0.3, -0.25) is 10.4 Å². The van der Waals surface area contributed by atoms with Crippen LogP contribution in [0.5, 0.6) is 23.0 Å². The van der Waals surface area contributed by atoms with Crippen LogP contribution in [-0.2, 0) is 6.61 Å². The molecule has 0 atom stereocenters. The van der Waals surface area contributed by atoms with Crippen LogP contribution in [0.3, 0.4) is 0 Å². The van der Waals surface area contributed by atoms with Crippen LogP contribution in [-0.4, -0.2) is 29.4 Å². The number of H-pyrrole nitrogens is 1. The summed E-state index contributed by atoms with van der Waals surface area (Å²) in [6, 6.07) is 15.0. The van der Waals surface area contributed by atoms with Crippen LogP contribution in [0.4, 0.5) is 29.5 Å². The molecule has 9 nitrogen and oxygen atoms in total. The predicted molar refractivity (Wildman–Crippen MR) is 119 cm³/mol. The number of nitrogens with zero attached hydrogens (tertiary/aromatic N) is 1. The van der Waals surface area contributed by atoms with E-state index in [0.29, 0.717) is 39.4 Å². The maximum Gasteiger partial charge on any atom is 0.573 e. The van der Waals surface area contributed by atoms with Gasteiger partial charge in [0.25, 0.3) is 0 Å². The molecule has 2 heterocycles. The summed E-state index contributed by atoms with van der Waals surface area (Å²) in [7, 11) is 0. The van der Waals surface area contributed by atoms with Crippen molar-refractivity contribution in [3.8, 4) is 23.0 Å². The molecule has 180 valence electrons. The average Bonchev–Trinajstić information content (AvgIpc) is 3.43. The van der Waals surface area contributed by atoms with E-state index in [0.717, 1.165) is 0 Å². The molecule has 0 saturated carbocycles. The summed E-state index contributed by atoms with van der Waals surface area (Å²) in [5.41, 5.74) is 1.64. The van der Waals surface area contributed by atoms with Gasteiger partial charge in [-0.25, -0.2) is 4.79 Å². The normalized spacial score (nSPS) is 12.4. The number of hydrogen-bond donors (Lipinski definition) is 3. The Bertz CT molecular complexity index is 1390. The smallest absolute Gasteiger partial charge is 0.489 e. The summed E-state index contributed by atoms with van der Waals surface area (Å²) < 4.78 is 57.5. The highest BCUT2D eigenvalue weighted by molar-refractivity contribution is 6.04. The fraction of sp³-hybridized carbons (Fsp3) is 0.130. The number of nitrogens with one attached hydrogen (secondary N) is 3. The summed E-state index contributed by atoms with van der Waals surface area (Å²) in [6.45, 7) is 0.132. The number of benzene rings is 3. The molecule has 0 bridgehead atoms. The van der Waals surface area contributed by atoms with Crippen molar-refractivity contribution in [1.82, 2.24) is 10.2 Å². The Kier molecular flexibility index (Phi) is 5.69. The third-order valence-electron chi connectivity index (χ3n) is 4.93. The second kappa shape index (κ2) is 8.97. The molecule has 0 fully saturated rings. The molecule has 4 aromatic rings. The number of carbonyl (C=O) groups excluding carboxylic acids is 1. The van der Waals surface area contributed by atoms with Gasteiger partial charge in [0.1, 0.15) is 18.1 Å². The number of halogens is 3. The van der Waals surface area contributed by atoms with E-state index in [1.54, 1.807) is 42.5 Å². The van der Waals surface area contributed by atoms with Gasteiger partial charge >= 0.3 is 12.4 Å². The van der Waals surface area contributed by atoms with E-state index in [-0.39, 0.29) is 25.0 Å². The molecule has 0 unspecified atom stereocenters. The molecule has 5 rings (SSSR count). The summed E-state index contributed by atoms with van der Waals surface area (Å²) in [5, 5.41) is 12.9. The van der Waals surface area contributed by atoms with Crippen molar-refractivity contribution in [3.63, 3.8) is 0 Å². The van der Waals surface area contributed by atoms with Gasteiger partial charge in [-0.05, 0) is 48.0 Å². The van der Waals surface area contributed by atoms with E-state index in [9.17, 15) is 18.0 Å². The zero-order valence-corrected chi connectivity index (χ0v) is 17.8. The maximum absolute atomic E-state index is 12.5. The number of aromatic amines is 1. The lowest BCUT2D eigenvalue weighted by molar-refractivity contribution is -0.274. The number of fused-ring (bicyclic) bond motifs is 2. The molecular formula is C23H17F3N4O5. The van der Waals surface area contributed by atoms with Crippen molar-refractivity contribution in [2.45, 2.75) is 13.0 Å². The minimum Gasteiger partial charge on any atom is -0.489 e. The monoisotopic (exact) mass is 486 g/mol. The Labute approximate surface area is 195 Å². The molecule has 0 aliphatic carbocycles. The number of anilines is 2. The second-order valence-electron chi connectivity index (χ2n) is 7.41. The quantitative estimate of drug-likeness (QED) is 0.336. The third-order valence-corrected chi connectivity index (χ3v) is 4.93. The van der Waals surface area contributed by atoms with Crippen molar-refractivity contribution >= 4 is 28.4 Å². The summed E-state index contributed by atoms with van der Waals surface area (Å²) in [5.74, 6) is 1.50. The molecule has 1 aliphatic heterocycles. The number of amides is 2. The summed E-state index contributed by atoms with van der Waals surface area (Å²) >= 11 is 0. The average molecular weight is 486 g/mol. The Morgan fingerprint density at radius 1 is 1.00 bits per heavy atom. The highest BCUT2D eigenvalue weighted by Gasteiger charge is 2.31. The first-order chi connectivity index (χ1) is 16.8. The number of urea groups is 1. The van der Waals surface area contributed by atoms with E-state index in [1.165, 1.54) is 18.2 Å². The van der Waals surface area contributed by atoms with Crippen LogP contribution < -0.4 is 29.6 Å². The largest absolute Gasteiger partial charge is 0.573 e. The third kappa shape index (κ3) is 5.32. The van der Waals surface area contributed by atoms with E-state index >= 15 is 0 Å². The Morgan fingerprint density at radius 3 is 2.71 bits per heavy atom. The lowest BCUT2D eigenvalue weighted by atomic mass is 10.2. The molecule has 3 aromatic carbocycles. The summed E-state index contributed by atoms with van der Waals surface area (Å²) in [4.78, 5) is 12.5. The molecule has 3 N–H and O–H groups in total. The number of carbonyl (C=O) groups is 1. The zero-order valence-electron chi connectivity index (χ0n) is 17.8. The first-order valence-electron chi connectivity index (χ1n) is 10.3. The highest BCUT2D eigenvalue weighted by Crippen LogP contribution is 2.34. The number of rotatable bonds is 6. The fourth-order valence-electron chi connectivity index (χ4n) is 3.42.